The zero-order chi connectivity index (χ0) is 13.7. The molecule has 4 heteroatoms. The lowest BCUT2D eigenvalue weighted by Crippen LogP contribution is -2.41. The van der Waals surface area contributed by atoms with E-state index in [0.717, 1.165) is 25.6 Å². The van der Waals surface area contributed by atoms with Crippen molar-refractivity contribution in [3.63, 3.8) is 0 Å². The molecule has 0 radical (unpaired) electrons. The molecule has 1 aromatic rings. The summed E-state index contributed by atoms with van der Waals surface area (Å²) in [5, 5.41) is 3.55. The minimum atomic E-state index is 0.566. The van der Waals surface area contributed by atoms with Gasteiger partial charge in [0, 0.05) is 37.1 Å². The highest BCUT2D eigenvalue weighted by Crippen LogP contribution is 2.24. The molecule has 2 heterocycles. The summed E-state index contributed by atoms with van der Waals surface area (Å²) in [6.07, 6.45) is 4.40. The molecule has 1 atom stereocenters. The third kappa shape index (κ3) is 4.10. The molecule has 1 aliphatic rings. The molecule has 0 aliphatic carbocycles. The number of hydrogen-bond donors (Lipinski definition) is 1. The molecule has 0 bridgehead atoms. The second-order valence-corrected chi connectivity index (χ2v) is 5.57. The summed E-state index contributed by atoms with van der Waals surface area (Å²) in [5.74, 6) is 1.43. The number of piperidine rings is 1. The fourth-order valence-electron chi connectivity index (χ4n) is 2.58. The quantitative estimate of drug-likeness (QED) is 0.884. The molecular formula is C15H25N3O. The molecule has 0 aromatic carbocycles. The Morgan fingerprint density at radius 2 is 2.37 bits per heavy atom. The van der Waals surface area contributed by atoms with Gasteiger partial charge in [-0.1, -0.05) is 13.8 Å². The van der Waals surface area contributed by atoms with Crippen molar-refractivity contribution in [3.8, 4) is 5.88 Å². The van der Waals surface area contributed by atoms with E-state index < -0.39 is 0 Å². The number of nitrogens with one attached hydrogen (secondary N) is 1. The predicted molar refractivity (Wildman–Crippen MR) is 78.9 cm³/mol. The van der Waals surface area contributed by atoms with Gasteiger partial charge in [-0.3, -0.25) is 0 Å². The highest BCUT2D eigenvalue weighted by atomic mass is 16.5. The average Bonchev–Trinajstić information content (AvgIpc) is 2.45. The summed E-state index contributed by atoms with van der Waals surface area (Å²) in [6, 6.07) is 4.66. The summed E-state index contributed by atoms with van der Waals surface area (Å²) in [5.41, 5.74) is 1.22. The van der Waals surface area contributed by atoms with Crippen LogP contribution in [0.2, 0.25) is 0 Å². The summed E-state index contributed by atoms with van der Waals surface area (Å²) in [6.45, 7) is 7.76. The van der Waals surface area contributed by atoms with E-state index in [0.29, 0.717) is 11.9 Å². The van der Waals surface area contributed by atoms with Crippen LogP contribution in [0.5, 0.6) is 5.88 Å². The van der Waals surface area contributed by atoms with Crippen LogP contribution in [0.15, 0.2) is 18.3 Å². The standard InChI is InChI=1S/C15H25N3O/c1-12(2)17-10-13-5-4-8-18(11-13)14-6-7-16-15(9-14)19-3/h6-7,9,12-13,17H,4-5,8,10-11H2,1-3H3. The molecule has 1 aromatic heterocycles. The van der Waals surface area contributed by atoms with Gasteiger partial charge in [-0.15, -0.1) is 0 Å². The maximum Gasteiger partial charge on any atom is 0.214 e. The Hall–Kier alpha value is -1.29. The molecule has 19 heavy (non-hydrogen) atoms. The van der Waals surface area contributed by atoms with Gasteiger partial charge in [0.1, 0.15) is 0 Å². The van der Waals surface area contributed by atoms with Crippen LogP contribution < -0.4 is 15.0 Å². The maximum absolute atomic E-state index is 5.20. The number of methoxy groups -OCH3 is 1. The first-order chi connectivity index (χ1) is 9.19. The zero-order valence-corrected chi connectivity index (χ0v) is 12.2. The number of nitrogens with zero attached hydrogens (tertiary/aromatic N) is 2. The lowest BCUT2D eigenvalue weighted by Gasteiger charge is -2.35. The van der Waals surface area contributed by atoms with Crippen molar-refractivity contribution in [2.24, 2.45) is 5.92 Å². The molecule has 2 rings (SSSR count). The van der Waals surface area contributed by atoms with E-state index in [-0.39, 0.29) is 0 Å². The monoisotopic (exact) mass is 263 g/mol. The van der Waals surface area contributed by atoms with Crippen LogP contribution in [-0.2, 0) is 0 Å². The van der Waals surface area contributed by atoms with E-state index >= 15 is 0 Å². The highest BCUT2D eigenvalue weighted by Gasteiger charge is 2.20. The van der Waals surface area contributed by atoms with Crippen LogP contribution >= 0.6 is 0 Å². The highest BCUT2D eigenvalue weighted by molar-refractivity contribution is 5.48. The third-order valence-electron chi connectivity index (χ3n) is 3.63. The molecule has 0 saturated carbocycles. The smallest absolute Gasteiger partial charge is 0.214 e. The Morgan fingerprint density at radius 1 is 1.53 bits per heavy atom. The van der Waals surface area contributed by atoms with Gasteiger partial charge in [-0.2, -0.15) is 0 Å². The van der Waals surface area contributed by atoms with Crippen LogP contribution in [0.3, 0.4) is 0 Å². The second-order valence-electron chi connectivity index (χ2n) is 5.57. The van der Waals surface area contributed by atoms with Crippen LogP contribution in [-0.4, -0.2) is 37.8 Å². The van der Waals surface area contributed by atoms with E-state index in [4.69, 9.17) is 4.74 Å². The van der Waals surface area contributed by atoms with E-state index in [1.165, 1.54) is 18.5 Å². The SMILES string of the molecule is COc1cc(N2CCCC(CNC(C)C)C2)ccn1. The maximum atomic E-state index is 5.20. The summed E-state index contributed by atoms with van der Waals surface area (Å²) < 4.78 is 5.20. The Labute approximate surface area is 116 Å². The van der Waals surface area contributed by atoms with Gasteiger partial charge in [0.15, 0.2) is 0 Å². The average molecular weight is 263 g/mol. The molecule has 4 nitrogen and oxygen atoms in total. The third-order valence-corrected chi connectivity index (χ3v) is 3.63. The normalized spacial score (nSPS) is 19.8. The largest absolute Gasteiger partial charge is 0.481 e. The van der Waals surface area contributed by atoms with Crippen molar-refractivity contribution < 1.29 is 4.74 Å². The van der Waals surface area contributed by atoms with Crippen molar-refractivity contribution in [2.75, 3.05) is 31.6 Å². The number of ether oxygens (including phenoxy) is 1. The van der Waals surface area contributed by atoms with Crippen molar-refractivity contribution >= 4 is 5.69 Å². The fourth-order valence-corrected chi connectivity index (χ4v) is 2.58. The minimum absolute atomic E-state index is 0.566. The molecule has 0 amide bonds. The summed E-state index contributed by atoms with van der Waals surface area (Å²) in [4.78, 5) is 6.61. The van der Waals surface area contributed by atoms with Crippen LogP contribution in [0.1, 0.15) is 26.7 Å². The first-order valence-corrected chi connectivity index (χ1v) is 7.17. The molecule has 1 saturated heterocycles. The Bertz CT molecular complexity index is 395. The lowest BCUT2D eigenvalue weighted by molar-refractivity contribution is 0.377. The number of rotatable bonds is 5. The number of hydrogen-bond acceptors (Lipinski definition) is 4. The molecule has 106 valence electrons. The topological polar surface area (TPSA) is 37.4 Å². The van der Waals surface area contributed by atoms with Crippen LogP contribution in [0, 0.1) is 5.92 Å². The number of pyridine rings is 1. The van der Waals surface area contributed by atoms with Gasteiger partial charge in [0.05, 0.1) is 7.11 Å². The molecule has 1 aliphatic heterocycles. The molecule has 0 spiro atoms. The predicted octanol–water partition coefficient (Wildman–Crippen LogP) is 2.30. The van der Waals surface area contributed by atoms with Crippen molar-refractivity contribution in [1.29, 1.82) is 0 Å². The number of anilines is 1. The van der Waals surface area contributed by atoms with Gasteiger partial charge in [0.25, 0.3) is 0 Å². The van der Waals surface area contributed by atoms with Gasteiger partial charge < -0.3 is 15.0 Å². The van der Waals surface area contributed by atoms with E-state index in [1.807, 2.05) is 12.3 Å². The summed E-state index contributed by atoms with van der Waals surface area (Å²) in [7, 11) is 1.66. The van der Waals surface area contributed by atoms with E-state index in [2.05, 4.69) is 35.1 Å². The Morgan fingerprint density at radius 3 is 3.11 bits per heavy atom. The molecule has 1 unspecified atom stereocenters. The van der Waals surface area contributed by atoms with E-state index in [9.17, 15) is 0 Å². The van der Waals surface area contributed by atoms with Crippen LogP contribution in [0.4, 0.5) is 5.69 Å². The van der Waals surface area contributed by atoms with Gasteiger partial charge in [0.2, 0.25) is 5.88 Å². The zero-order valence-electron chi connectivity index (χ0n) is 12.2. The summed E-state index contributed by atoms with van der Waals surface area (Å²) >= 11 is 0. The Balaban J connectivity index is 1.96. The first-order valence-electron chi connectivity index (χ1n) is 7.17. The first kappa shape index (κ1) is 14.1. The van der Waals surface area contributed by atoms with Crippen molar-refractivity contribution in [1.82, 2.24) is 10.3 Å². The van der Waals surface area contributed by atoms with E-state index in [1.54, 1.807) is 7.11 Å². The Kier molecular flexibility index (Phi) is 5.02. The fraction of sp³-hybridized carbons (Fsp3) is 0.667. The van der Waals surface area contributed by atoms with Crippen LogP contribution in [0.25, 0.3) is 0 Å². The lowest BCUT2D eigenvalue weighted by atomic mass is 9.97. The van der Waals surface area contributed by atoms with Gasteiger partial charge >= 0.3 is 0 Å². The molecular weight excluding hydrogens is 238 g/mol. The molecule has 1 fully saturated rings. The number of aromatic nitrogens is 1. The van der Waals surface area contributed by atoms with Crippen molar-refractivity contribution in [2.45, 2.75) is 32.7 Å². The minimum Gasteiger partial charge on any atom is -0.481 e. The van der Waals surface area contributed by atoms with Gasteiger partial charge in [-0.25, -0.2) is 4.98 Å². The molecule has 1 N–H and O–H groups in total. The second kappa shape index (κ2) is 6.75. The van der Waals surface area contributed by atoms with Crippen molar-refractivity contribution in [3.05, 3.63) is 18.3 Å². The van der Waals surface area contributed by atoms with Gasteiger partial charge in [-0.05, 0) is 31.4 Å².